The molecule has 5 nitrogen and oxygen atoms in total. The van der Waals surface area contributed by atoms with E-state index in [1.54, 1.807) is 0 Å². The number of hydrogen-bond acceptors (Lipinski definition) is 4. The van der Waals surface area contributed by atoms with Gasteiger partial charge in [0, 0.05) is 11.8 Å². The van der Waals surface area contributed by atoms with Crippen molar-refractivity contribution in [3.05, 3.63) is 11.8 Å². The second-order valence-electron chi connectivity index (χ2n) is 2.49. The number of fused-ring (bicyclic) bond motifs is 1. The van der Waals surface area contributed by atoms with Crippen LogP contribution in [0.5, 0.6) is 0 Å². The molecule has 0 aliphatic carbocycles. The summed E-state index contributed by atoms with van der Waals surface area (Å²) >= 11 is 0. The average molecular weight is 152 g/mol. The van der Waals surface area contributed by atoms with Crippen LogP contribution in [0, 0.1) is 0 Å². The SMILES string of the molecule is CC1=CC(=O)N2C=NNC2N1. The fraction of sp³-hybridized carbons (Fsp3) is 0.333. The highest BCUT2D eigenvalue weighted by molar-refractivity contribution is 5.97. The Morgan fingerprint density at radius 3 is 3.36 bits per heavy atom. The first-order chi connectivity index (χ1) is 5.27. The quantitative estimate of drug-likeness (QED) is 0.475. The molecule has 2 aliphatic heterocycles. The van der Waals surface area contributed by atoms with Crippen LogP contribution in [0.25, 0.3) is 0 Å². The van der Waals surface area contributed by atoms with Crippen molar-refractivity contribution in [2.24, 2.45) is 5.10 Å². The normalized spacial score (nSPS) is 27.4. The fourth-order valence-electron chi connectivity index (χ4n) is 1.10. The monoisotopic (exact) mass is 152 g/mol. The molecule has 2 N–H and O–H groups in total. The van der Waals surface area contributed by atoms with Crippen LogP contribution in [0.2, 0.25) is 0 Å². The summed E-state index contributed by atoms with van der Waals surface area (Å²) in [6.45, 7) is 1.84. The first-order valence-electron chi connectivity index (χ1n) is 3.33. The molecular weight excluding hydrogens is 144 g/mol. The zero-order valence-corrected chi connectivity index (χ0v) is 6.03. The number of nitrogens with zero attached hydrogens (tertiary/aromatic N) is 2. The molecule has 0 fully saturated rings. The van der Waals surface area contributed by atoms with Crippen molar-refractivity contribution in [2.75, 3.05) is 0 Å². The Labute approximate surface area is 63.7 Å². The van der Waals surface area contributed by atoms with Crippen LogP contribution >= 0.6 is 0 Å². The van der Waals surface area contributed by atoms with Gasteiger partial charge in [-0.05, 0) is 6.92 Å². The summed E-state index contributed by atoms with van der Waals surface area (Å²) in [5.41, 5.74) is 3.60. The molecule has 0 bridgehead atoms. The second-order valence-corrected chi connectivity index (χ2v) is 2.49. The van der Waals surface area contributed by atoms with Gasteiger partial charge < -0.3 is 5.32 Å². The molecule has 1 unspecified atom stereocenters. The third-order valence-electron chi connectivity index (χ3n) is 1.62. The lowest BCUT2D eigenvalue weighted by Crippen LogP contribution is -2.52. The molecule has 0 aromatic heterocycles. The van der Waals surface area contributed by atoms with Crippen molar-refractivity contribution in [1.29, 1.82) is 0 Å². The second kappa shape index (κ2) is 1.98. The van der Waals surface area contributed by atoms with Gasteiger partial charge in [-0.15, -0.1) is 0 Å². The maximum absolute atomic E-state index is 11.2. The molecule has 11 heavy (non-hydrogen) atoms. The lowest BCUT2D eigenvalue weighted by molar-refractivity contribution is -0.124. The third kappa shape index (κ3) is 0.849. The highest BCUT2D eigenvalue weighted by Crippen LogP contribution is 2.07. The predicted octanol–water partition coefficient (Wildman–Crippen LogP) is -0.848. The Balaban J connectivity index is 2.28. The number of hydrazone groups is 1. The maximum atomic E-state index is 11.2. The van der Waals surface area contributed by atoms with Gasteiger partial charge in [-0.1, -0.05) is 0 Å². The third-order valence-corrected chi connectivity index (χ3v) is 1.62. The van der Waals surface area contributed by atoms with Gasteiger partial charge in [0.1, 0.15) is 6.34 Å². The summed E-state index contributed by atoms with van der Waals surface area (Å²) < 4.78 is 0. The standard InChI is InChI=1S/C6H8N4O/c1-4-2-5(11)10-3-7-9-6(10)8-4/h2-3,6,8-9H,1H3. The number of carbonyl (C=O) groups is 1. The van der Waals surface area contributed by atoms with Crippen molar-refractivity contribution in [3.8, 4) is 0 Å². The molecule has 5 heteroatoms. The maximum Gasteiger partial charge on any atom is 0.256 e. The molecule has 2 aliphatic rings. The number of carbonyl (C=O) groups excluding carboxylic acids is 1. The van der Waals surface area contributed by atoms with Crippen LogP contribution in [-0.4, -0.2) is 23.4 Å². The predicted molar refractivity (Wildman–Crippen MR) is 39.2 cm³/mol. The molecule has 0 saturated carbocycles. The molecule has 0 saturated heterocycles. The first kappa shape index (κ1) is 6.21. The van der Waals surface area contributed by atoms with Crippen molar-refractivity contribution < 1.29 is 4.79 Å². The topological polar surface area (TPSA) is 56.7 Å². The molecule has 1 amide bonds. The Hall–Kier alpha value is -1.52. The Kier molecular flexibility index (Phi) is 1.12. The van der Waals surface area contributed by atoms with E-state index < -0.39 is 0 Å². The van der Waals surface area contributed by atoms with E-state index in [4.69, 9.17) is 0 Å². The smallest absolute Gasteiger partial charge is 0.256 e. The lowest BCUT2D eigenvalue weighted by atomic mass is 10.3. The molecule has 1 atom stereocenters. The largest absolute Gasteiger partial charge is 0.350 e. The summed E-state index contributed by atoms with van der Waals surface area (Å²) in [5, 5.41) is 6.79. The van der Waals surface area contributed by atoms with Gasteiger partial charge in [-0.2, -0.15) is 5.10 Å². The van der Waals surface area contributed by atoms with E-state index in [-0.39, 0.29) is 12.2 Å². The number of allylic oxidation sites excluding steroid dienone is 1. The zero-order valence-electron chi connectivity index (χ0n) is 6.03. The first-order valence-corrected chi connectivity index (χ1v) is 3.33. The van der Waals surface area contributed by atoms with Crippen molar-refractivity contribution in [3.63, 3.8) is 0 Å². The Morgan fingerprint density at radius 1 is 1.73 bits per heavy atom. The molecule has 58 valence electrons. The number of rotatable bonds is 0. The van der Waals surface area contributed by atoms with Crippen molar-refractivity contribution in [1.82, 2.24) is 15.6 Å². The minimum atomic E-state index is -0.188. The highest BCUT2D eigenvalue weighted by atomic mass is 16.2. The number of amides is 1. The summed E-state index contributed by atoms with van der Waals surface area (Å²) in [5.74, 6) is -0.0417. The minimum Gasteiger partial charge on any atom is -0.350 e. The van der Waals surface area contributed by atoms with Gasteiger partial charge in [0.05, 0.1) is 0 Å². The highest BCUT2D eigenvalue weighted by Gasteiger charge is 2.27. The van der Waals surface area contributed by atoms with Crippen LogP contribution in [0.4, 0.5) is 0 Å². The van der Waals surface area contributed by atoms with E-state index in [0.29, 0.717) is 0 Å². The van der Waals surface area contributed by atoms with E-state index in [0.717, 1.165) is 5.70 Å². The van der Waals surface area contributed by atoms with E-state index in [9.17, 15) is 4.79 Å². The Bertz CT molecular complexity index is 257. The molecule has 0 aromatic rings. The van der Waals surface area contributed by atoms with E-state index in [1.165, 1.54) is 17.3 Å². The molecule has 0 spiro atoms. The lowest BCUT2D eigenvalue weighted by Gasteiger charge is -2.26. The molecule has 2 heterocycles. The summed E-state index contributed by atoms with van der Waals surface area (Å²) in [4.78, 5) is 12.7. The van der Waals surface area contributed by atoms with Gasteiger partial charge in [0.2, 0.25) is 0 Å². The van der Waals surface area contributed by atoms with Crippen molar-refractivity contribution in [2.45, 2.75) is 13.2 Å². The van der Waals surface area contributed by atoms with E-state index in [1.807, 2.05) is 6.92 Å². The van der Waals surface area contributed by atoms with Gasteiger partial charge in [-0.25, -0.2) is 0 Å². The molecule has 0 aromatic carbocycles. The van der Waals surface area contributed by atoms with Gasteiger partial charge in [0.25, 0.3) is 5.91 Å². The number of hydrogen-bond donors (Lipinski definition) is 2. The van der Waals surface area contributed by atoms with Crippen LogP contribution < -0.4 is 10.7 Å². The fourth-order valence-corrected chi connectivity index (χ4v) is 1.10. The van der Waals surface area contributed by atoms with E-state index >= 15 is 0 Å². The van der Waals surface area contributed by atoms with E-state index in [2.05, 4.69) is 15.8 Å². The van der Waals surface area contributed by atoms with Gasteiger partial charge in [-0.3, -0.25) is 15.1 Å². The summed E-state index contributed by atoms with van der Waals surface area (Å²) in [7, 11) is 0. The summed E-state index contributed by atoms with van der Waals surface area (Å²) in [6, 6.07) is 0. The van der Waals surface area contributed by atoms with Gasteiger partial charge in [0.15, 0.2) is 6.29 Å². The van der Waals surface area contributed by atoms with Crippen LogP contribution in [-0.2, 0) is 4.79 Å². The van der Waals surface area contributed by atoms with Crippen LogP contribution in [0.1, 0.15) is 6.92 Å². The molecular formula is C6H8N4O. The molecule has 2 rings (SSSR count). The van der Waals surface area contributed by atoms with Crippen LogP contribution in [0.15, 0.2) is 16.9 Å². The molecule has 0 radical (unpaired) electrons. The van der Waals surface area contributed by atoms with Crippen molar-refractivity contribution >= 4 is 12.2 Å². The van der Waals surface area contributed by atoms with Crippen LogP contribution in [0.3, 0.4) is 0 Å². The average Bonchev–Trinajstić information content (AvgIpc) is 2.34. The number of nitrogens with one attached hydrogen (secondary N) is 2. The van der Waals surface area contributed by atoms with Gasteiger partial charge >= 0.3 is 0 Å². The zero-order chi connectivity index (χ0) is 7.84. The Morgan fingerprint density at radius 2 is 2.55 bits per heavy atom. The minimum absolute atomic E-state index is 0.0417. The summed E-state index contributed by atoms with van der Waals surface area (Å²) in [6.07, 6.45) is 2.82.